The van der Waals surface area contributed by atoms with E-state index < -0.39 is 0 Å². The molecule has 11 heavy (non-hydrogen) atoms. The standard InChI is InChI=1S/C9H19ClS/c1-4-9(5-2)7-11-8(3)6-10/h8-9H,4-7H2,1-3H3. The first-order valence-corrected chi connectivity index (χ1v) is 6.00. The first-order chi connectivity index (χ1) is 5.24. The maximum absolute atomic E-state index is 5.70. The number of halogens is 1. The molecule has 0 aliphatic carbocycles. The number of rotatable bonds is 6. The van der Waals surface area contributed by atoms with E-state index in [1.165, 1.54) is 18.6 Å². The molecule has 0 heterocycles. The van der Waals surface area contributed by atoms with Gasteiger partial charge in [0.15, 0.2) is 0 Å². The lowest BCUT2D eigenvalue weighted by Crippen LogP contribution is -2.06. The van der Waals surface area contributed by atoms with Crippen molar-refractivity contribution in [2.75, 3.05) is 11.6 Å². The summed E-state index contributed by atoms with van der Waals surface area (Å²) in [6.45, 7) is 6.72. The van der Waals surface area contributed by atoms with Gasteiger partial charge in [-0.1, -0.05) is 33.6 Å². The summed E-state index contributed by atoms with van der Waals surface area (Å²) >= 11 is 7.70. The lowest BCUT2D eigenvalue weighted by atomic mass is 10.1. The van der Waals surface area contributed by atoms with E-state index in [1.807, 2.05) is 11.8 Å². The third kappa shape index (κ3) is 5.86. The largest absolute Gasteiger partial charge is 0.157 e. The van der Waals surface area contributed by atoms with Crippen LogP contribution in [0.1, 0.15) is 33.6 Å². The van der Waals surface area contributed by atoms with E-state index in [0.717, 1.165) is 11.8 Å². The zero-order chi connectivity index (χ0) is 8.69. The van der Waals surface area contributed by atoms with Crippen molar-refractivity contribution in [2.24, 2.45) is 5.92 Å². The summed E-state index contributed by atoms with van der Waals surface area (Å²) < 4.78 is 0. The van der Waals surface area contributed by atoms with Crippen molar-refractivity contribution in [3.63, 3.8) is 0 Å². The first kappa shape index (κ1) is 11.6. The molecular weight excluding hydrogens is 176 g/mol. The fraction of sp³-hybridized carbons (Fsp3) is 1.00. The molecule has 1 unspecified atom stereocenters. The third-order valence-electron chi connectivity index (χ3n) is 1.99. The number of thioether (sulfide) groups is 1. The zero-order valence-corrected chi connectivity index (χ0v) is 9.34. The Morgan fingerprint density at radius 2 is 1.82 bits per heavy atom. The Kier molecular flexibility index (Phi) is 7.72. The van der Waals surface area contributed by atoms with Crippen LogP contribution in [0.25, 0.3) is 0 Å². The minimum absolute atomic E-state index is 0.622. The van der Waals surface area contributed by atoms with Gasteiger partial charge < -0.3 is 0 Å². The molecule has 0 nitrogen and oxygen atoms in total. The van der Waals surface area contributed by atoms with Crippen molar-refractivity contribution in [1.82, 2.24) is 0 Å². The lowest BCUT2D eigenvalue weighted by Gasteiger charge is -2.13. The van der Waals surface area contributed by atoms with Gasteiger partial charge in [-0.05, 0) is 11.7 Å². The van der Waals surface area contributed by atoms with Crippen LogP contribution in [-0.4, -0.2) is 16.9 Å². The highest BCUT2D eigenvalue weighted by molar-refractivity contribution is 7.99. The predicted molar refractivity (Wildman–Crippen MR) is 56.7 cm³/mol. The molecule has 0 N–H and O–H groups in total. The Hall–Kier alpha value is 0.640. The van der Waals surface area contributed by atoms with E-state index >= 15 is 0 Å². The third-order valence-corrected chi connectivity index (χ3v) is 4.03. The van der Waals surface area contributed by atoms with Crippen molar-refractivity contribution in [1.29, 1.82) is 0 Å². The molecule has 0 aromatic carbocycles. The van der Waals surface area contributed by atoms with Crippen molar-refractivity contribution in [2.45, 2.75) is 38.9 Å². The Balaban J connectivity index is 3.34. The van der Waals surface area contributed by atoms with E-state index in [2.05, 4.69) is 20.8 Å². The van der Waals surface area contributed by atoms with Crippen molar-refractivity contribution >= 4 is 23.4 Å². The molecule has 0 saturated heterocycles. The molecule has 1 atom stereocenters. The van der Waals surface area contributed by atoms with E-state index in [1.54, 1.807) is 0 Å². The molecule has 0 radical (unpaired) electrons. The summed E-state index contributed by atoms with van der Waals surface area (Å²) in [6, 6.07) is 0. The molecule has 0 spiro atoms. The van der Waals surface area contributed by atoms with Crippen LogP contribution in [-0.2, 0) is 0 Å². The minimum atomic E-state index is 0.622. The summed E-state index contributed by atoms with van der Waals surface area (Å²) in [5.74, 6) is 2.96. The van der Waals surface area contributed by atoms with Crippen LogP contribution in [0.2, 0.25) is 0 Å². The normalized spacial score (nSPS) is 13.9. The maximum Gasteiger partial charge on any atom is 0.0339 e. The molecule has 0 bridgehead atoms. The van der Waals surface area contributed by atoms with Gasteiger partial charge in [-0.25, -0.2) is 0 Å². The summed E-state index contributed by atoms with van der Waals surface area (Å²) in [5, 5.41) is 0.622. The number of hydrogen-bond donors (Lipinski definition) is 0. The van der Waals surface area contributed by atoms with Gasteiger partial charge in [-0.15, -0.1) is 11.6 Å². The van der Waals surface area contributed by atoms with Crippen LogP contribution in [0.15, 0.2) is 0 Å². The highest BCUT2D eigenvalue weighted by atomic mass is 35.5. The van der Waals surface area contributed by atoms with Crippen LogP contribution < -0.4 is 0 Å². The van der Waals surface area contributed by atoms with Gasteiger partial charge in [-0.3, -0.25) is 0 Å². The Bertz CT molecular complexity index is 81.6. The van der Waals surface area contributed by atoms with Gasteiger partial charge in [0.2, 0.25) is 0 Å². The summed E-state index contributed by atoms with van der Waals surface area (Å²) in [6.07, 6.45) is 2.61. The van der Waals surface area contributed by atoms with Crippen LogP contribution in [0.5, 0.6) is 0 Å². The van der Waals surface area contributed by atoms with Gasteiger partial charge in [-0.2, -0.15) is 11.8 Å². The van der Waals surface area contributed by atoms with Crippen LogP contribution >= 0.6 is 23.4 Å². The molecule has 0 saturated carbocycles. The van der Waals surface area contributed by atoms with E-state index in [0.29, 0.717) is 5.25 Å². The van der Waals surface area contributed by atoms with Crippen molar-refractivity contribution in [3.8, 4) is 0 Å². The summed E-state index contributed by atoms with van der Waals surface area (Å²) in [7, 11) is 0. The fourth-order valence-corrected chi connectivity index (χ4v) is 2.30. The van der Waals surface area contributed by atoms with Crippen molar-refractivity contribution < 1.29 is 0 Å². The highest BCUT2D eigenvalue weighted by Crippen LogP contribution is 2.19. The second kappa shape index (κ2) is 7.30. The SMILES string of the molecule is CCC(CC)CSC(C)CCl. The maximum atomic E-state index is 5.70. The average molecular weight is 195 g/mol. The molecule has 0 fully saturated rings. The van der Waals surface area contributed by atoms with Crippen LogP contribution in [0, 0.1) is 5.92 Å². The summed E-state index contributed by atoms with van der Waals surface area (Å²) in [4.78, 5) is 0. The molecule has 0 amide bonds. The molecule has 0 aromatic heterocycles. The van der Waals surface area contributed by atoms with Gasteiger partial charge in [0.05, 0.1) is 0 Å². The first-order valence-electron chi connectivity index (χ1n) is 4.42. The second-order valence-corrected chi connectivity index (χ2v) is 4.76. The van der Waals surface area contributed by atoms with Crippen molar-refractivity contribution in [3.05, 3.63) is 0 Å². The molecule has 2 heteroatoms. The predicted octanol–water partition coefficient (Wildman–Crippen LogP) is 3.78. The second-order valence-electron chi connectivity index (χ2n) is 2.98. The molecule has 0 aliphatic heterocycles. The molecule has 68 valence electrons. The molecule has 0 aromatic rings. The lowest BCUT2D eigenvalue weighted by molar-refractivity contribution is 0.553. The van der Waals surface area contributed by atoms with Crippen LogP contribution in [0.3, 0.4) is 0 Å². The quantitative estimate of drug-likeness (QED) is 0.580. The van der Waals surface area contributed by atoms with Crippen LogP contribution in [0.4, 0.5) is 0 Å². The topological polar surface area (TPSA) is 0 Å². The Morgan fingerprint density at radius 3 is 2.18 bits per heavy atom. The van der Waals surface area contributed by atoms with Gasteiger partial charge in [0.1, 0.15) is 0 Å². The van der Waals surface area contributed by atoms with E-state index in [4.69, 9.17) is 11.6 Å². The molecule has 0 rings (SSSR count). The fourth-order valence-electron chi connectivity index (χ4n) is 0.869. The van der Waals surface area contributed by atoms with E-state index in [-0.39, 0.29) is 0 Å². The van der Waals surface area contributed by atoms with Gasteiger partial charge >= 0.3 is 0 Å². The summed E-state index contributed by atoms with van der Waals surface area (Å²) in [5.41, 5.74) is 0. The smallest absolute Gasteiger partial charge is 0.0339 e. The minimum Gasteiger partial charge on any atom is -0.157 e. The molecule has 0 aliphatic rings. The highest BCUT2D eigenvalue weighted by Gasteiger charge is 2.06. The molecular formula is C9H19ClS. The van der Waals surface area contributed by atoms with Gasteiger partial charge in [0, 0.05) is 11.1 Å². The Labute approximate surface area is 80.1 Å². The van der Waals surface area contributed by atoms with Gasteiger partial charge in [0.25, 0.3) is 0 Å². The zero-order valence-electron chi connectivity index (χ0n) is 7.77. The average Bonchev–Trinajstić information content (AvgIpc) is 2.06. The number of hydrogen-bond acceptors (Lipinski definition) is 1. The monoisotopic (exact) mass is 194 g/mol. The number of alkyl halides is 1. The van der Waals surface area contributed by atoms with E-state index in [9.17, 15) is 0 Å². The Morgan fingerprint density at radius 1 is 1.27 bits per heavy atom.